The van der Waals surface area contributed by atoms with E-state index in [0.29, 0.717) is 19.3 Å². The highest BCUT2D eigenvalue weighted by Gasteiger charge is 2.19. The molecular formula is C71H114O6. The van der Waals surface area contributed by atoms with Crippen molar-refractivity contribution in [3.8, 4) is 0 Å². The molecule has 0 saturated heterocycles. The second-order valence-electron chi connectivity index (χ2n) is 20.2. The summed E-state index contributed by atoms with van der Waals surface area (Å²) < 4.78 is 16.7. The van der Waals surface area contributed by atoms with Gasteiger partial charge in [-0.15, -0.1) is 0 Å². The number of allylic oxidation sites excluding steroid dienone is 24. The van der Waals surface area contributed by atoms with E-state index in [1.165, 1.54) is 103 Å². The molecule has 0 saturated carbocycles. The second-order valence-corrected chi connectivity index (χ2v) is 20.2. The molecule has 0 N–H and O–H groups in total. The molecule has 6 heteroatoms. The summed E-state index contributed by atoms with van der Waals surface area (Å²) in [6.45, 7) is 6.30. The monoisotopic (exact) mass is 1060 g/mol. The highest BCUT2D eigenvalue weighted by atomic mass is 16.6. The maximum Gasteiger partial charge on any atom is 0.306 e. The first-order chi connectivity index (χ1) is 38.0. The number of rotatable bonds is 55. The third kappa shape index (κ3) is 62.0. The number of hydrogen-bond acceptors (Lipinski definition) is 6. The zero-order valence-electron chi connectivity index (χ0n) is 49.7. The molecule has 0 bridgehead atoms. The molecule has 1 atom stereocenters. The van der Waals surface area contributed by atoms with Crippen LogP contribution in [-0.4, -0.2) is 37.2 Å². The second kappa shape index (κ2) is 63.8. The van der Waals surface area contributed by atoms with Gasteiger partial charge in [-0.05, 0) is 109 Å². The van der Waals surface area contributed by atoms with Gasteiger partial charge in [0.1, 0.15) is 13.2 Å². The standard InChI is InChI=1S/C71H114O6/c1-4-7-10-13-16-18-20-22-24-26-28-29-30-31-32-33-34-35-36-37-38-39-40-41-43-44-46-48-50-52-55-58-61-64-70(73)76-67-68(66-75-69(72)63-60-57-54-15-12-9-6-3)77-71(74)65-62-59-56-53-51-49-47-45-42-27-25-23-21-19-17-14-11-8-5-2/h7-8,10-11,16-19,22-25,28-29,31-32,34-35,42,45,49,51,56,59,68H,4-6,9,12-15,20-21,26-27,30,33,36-41,43-44,46-48,50,52-55,57-58,60-67H2,1-3H3/b10-7-,11-8-,18-16-,19-17-,24-22-,25-23-,29-28-,32-31-,35-34-,45-42-,51-49-,59-56-. The van der Waals surface area contributed by atoms with Crippen LogP contribution in [0.1, 0.15) is 265 Å². The number of esters is 3. The van der Waals surface area contributed by atoms with Gasteiger partial charge in [0.05, 0.1) is 0 Å². The Balaban J connectivity index is 4.17. The molecule has 0 aliphatic carbocycles. The normalized spacial score (nSPS) is 13.1. The van der Waals surface area contributed by atoms with Crippen molar-refractivity contribution < 1.29 is 28.6 Å². The van der Waals surface area contributed by atoms with E-state index in [4.69, 9.17) is 14.2 Å². The fourth-order valence-corrected chi connectivity index (χ4v) is 8.24. The lowest BCUT2D eigenvalue weighted by atomic mass is 10.0. The van der Waals surface area contributed by atoms with Gasteiger partial charge in [0, 0.05) is 19.3 Å². The number of unbranched alkanes of at least 4 members (excludes halogenated alkanes) is 20. The SMILES string of the molecule is CC/C=C\C/C=C\C/C=C\C/C=C\C/C=C\C/C=C\CCCCCCCCCCCCCCCCC(=O)OCC(COC(=O)CCCCCCCCC)OC(=O)CC/C=C\C/C=C\C/C=C\C/C=C\C/C=C\C/C=C\CC. The fourth-order valence-electron chi connectivity index (χ4n) is 8.24. The molecular weight excluding hydrogens is 949 g/mol. The number of carbonyl (C=O) groups is 3. The third-order valence-electron chi connectivity index (χ3n) is 12.9. The van der Waals surface area contributed by atoms with Gasteiger partial charge < -0.3 is 14.2 Å². The first-order valence-electron chi connectivity index (χ1n) is 31.3. The minimum Gasteiger partial charge on any atom is -0.462 e. The van der Waals surface area contributed by atoms with Crippen LogP contribution >= 0.6 is 0 Å². The van der Waals surface area contributed by atoms with Crippen molar-refractivity contribution in [1.82, 2.24) is 0 Å². The van der Waals surface area contributed by atoms with Gasteiger partial charge in [0.15, 0.2) is 6.10 Å². The Hall–Kier alpha value is -4.71. The maximum atomic E-state index is 12.8. The first kappa shape index (κ1) is 72.3. The summed E-state index contributed by atoms with van der Waals surface area (Å²) in [5.41, 5.74) is 0. The Morgan fingerprint density at radius 2 is 0.532 bits per heavy atom. The highest BCUT2D eigenvalue weighted by Crippen LogP contribution is 2.15. The van der Waals surface area contributed by atoms with Crippen LogP contribution in [-0.2, 0) is 28.6 Å². The number of hydrogen-bond donors (Lipinski definition) is 0. The van der Waals surface area contributed by atoms with E-state index in [9.17, 15) is 14.4 Å². The predicted octanol–water partition coefficient (Wildman–Crippen LogP) is 21.5. The molecule has 6 nitrogen and oxygen atoms in total. The molecule has 434 valence electrons. The van der Waals surface area contributed by atoms with E-state index < -0.39 is 12.1 Å². The van der Waals surface area contributed by atoms with Gasteiger partial charge in [-0.3, -0.25) is 14.4 Å². The molecule has 0 aliphatic heterocycles. The van der Waals surface area contributed by atoms with Gasteiger partial charge in [0.25, 0.3) is 0 Å². The summed E-state index contributed by atoms with van der Waals surface area (Å²) in [6, 6.07) is 0. The van der Waals surface area contributed by atoms with Crippen LogP contribution in [0.5, 0.6) is 0 Å². The van der Waals surface area contributed by atoms with Crippen molar-refractivity contribution in [3.63, 3.8) is 0 Å². The predicted molar refractivity (Wildman–Crippen MR) is 334 cm³/mol. The quantitative estimate of drug-likeness (QED) is 0.0261. The lowest BCUT2D eigenvalue weighted by Gasteiger charge is -2.18. The lowest BCUT2D eigenvalue weighted by molar-refractivity contribution is -0.166. The average molecular weight is 1060 g/mol. The van der Waals surface area contributed by atoms with Crippen LogP contribution in [0.4, 0.5) is 0 Å². The smallest absolute Gasteiger partial charge is 0.306 e. The Labute approximate surface area is 474 Å². The Morgan fingerprint density at radius 1 is 0.273 bits per heavy atom. The molecule has 0 rings (SSSR count). The first-order valence-corrected chi connectivity index (χ1v) is 31.3. The van der Waals surface area contributed by atoms with Crippen molar-refractivity contribution in [2.45, 2.75) is 271 Å². The molecule has 0 aromatic rings. The highest BCUT2D eigenvalue weighted by molar-refractivity contribution is 5.71. The van der Waals surface area contributed by atoms with Crippen LogP contribution in [0.2, 0.25) is 0 Å². The molecule has 0 amide bonds. The largest absolute Gasteiger partial charge is 0.462 e. The van der Waals surface area contributed by atoms with E-state index in [2.05, 4.69) is 154 Å². The minimum absolute atomic E-state index is 0.111. The van der Waals surface area contributed by atoms with Gasteiger partial charge >= 0.3 is 17.9 Å². The van der Waals surface area contributed by atoms with E-state index in [1.54, 1.807) is 0 Å². The van der Waals surface area contributed by atoms with Crippen molar-refractivity contribution in [2.75, 3.05) is 13.2 Å². The molecule has 0 fully saturated rings. The van der Waals surface area contributed by atoms with Crippen molar-refractivity contribution >= 4 is 17.9 Å². The molecule has 0 aliphatic rings. The van der Waals surface area contributed by atoms with Crippen LogP contribution in [0.25, 0.3) is 0 Å². The van der Waals surface area contributed by atoms with Crippen LogP contribution in [0, 0.1) is 0 Å². The van der Waals surface area contributed by atoms with Crippen molar-refractivity contribution in [1.29, 1.82) is 0 Å². The Morgan fingerprint density at radius 3 is 0.844 bits per heavy atom. The van der Waals surface area contributed by atoms with E-state index in [0.717, 1.165) is 116 Å². The topological polar surface area (TPSA) is 78.9 Å². The third-order valence-corrected chi connectivity index (χ3v) is 12.9. The molecule has 0 radical (unpaired) electrons. The Bertz CT molecular complexity index is 1700. The van der Waals surface area contributed by atoms with E-state index in [-0.39, 0.29) is 31.6 Å². The lowest BCUT2D eigenvalue weighted by Crippen LogP contribution is -2.30. The minimum atomic E-state index is -0.820. The molecule has 0 aromatic heterocycles. The summed E-state index contributed by atoms with van der Waals surface area (Å²) in [5, 5.41) is 0. The Kier molecular flexibility index (Phi) is 59.9. The summed E-state index contributed by atoms with van der Waals surface area (Å²) in [7, 11) is 0. The van der Waals surface area contributed by atoms with Crippen LogP contribution in [0.15, 0.2) is 146 Å². The van der Waals surface area contributed by atoms with Gasteiger partial charge in [-0.25, -0.2) is 0 Å². The van der Waals surface area contributed by atoms with Crippen LogP contribution in [0.3, 0.4) is 0 Å². The van der Waals surface area contributed by atoms with Crippen molar-refractivity contribution in [3.05, 3.63) is 146 Å². The molecule has 0 heterocycles. The van der Waals surface area contributed by atoms with Gasteiger partial charge in [-0.2, -0.15) is 0 Å². The average Bonchev–Trinajstić information content (AvgIpc) is 3.43. The molecule has 0 aromatic carbocycles. The summed E-state index contributed by atoms with van der Waals surface area (Å²) in [6.07, 6.45) is 91.8. The fraction of sp³-hybridized carbons (Fsp3) is 0.620. The summed E-state index contributed by atoms with van der Waals surface area (Å²) in [4.78, 5) is 38.0. The maximum absolute atomic E-state index is 12.8. The van der Waals surface area contributed by atoms with Gasteiger partial charge in [-0.1, -0.05) is 282 Å². The van der Waals surface area contributed by atoms with E-state index in [1.807, 2.05) is 12.2 Å². The molecule has 0 spiro atoms. The number of carbonyl (C=O) groups excluding carboxylic acids is 3. The van der Waals surface area contributed by atoms with Crippen LogP contribution < -0.4 is 0 Å². The van der Waals surface area contributed by atoms with Gasteiger partial charge in [0.2, 0.25) is 0 Å². The van der Waals surface area contributed by atoms with E-state index >= 15 is 0 Å². The summed E-state index contributed by atoms with van der Waals surface area (Å²) >= 11 is 0. The molecule has 77 heavy (non-hydrogen) atoms. The molecule has 1 unspecified atom stereocenters. The zero-order valence-corrected chi connectivity index (χ0v) is 49.7. The number of ether oxygens (including phenoxy) is 3. The van der Waals surface area contributed by atoms with Crippen molar-refractivity contribution in [2.24, 2.45) is 0 Å². The zero-order chi connectivity index (χ0) is 55.7. The summed E-state index contributed by atoms with van der Waals surface area (Å²) in [5.74, 6) is -1.00.